The molecule has 0 amide bonds. The minimum atomic E-state index is -0.0175. The van der Waals surface area contributed by atoms with Crippen molar-refractivity contribution in [3.8, 4) is 0 Å². The number of hydrogen-bond acceptors (Lipinski definition) is 3. The van der Waals surface area contributed by atoms with Crippen molar-refractivity contribution in [1.29, 1.82) is 0 Å². The van der Waals surface area contributed by atoms with Gasteiger partial charge < -0.3 is 4.74 Å². The number of ether oxygens (including phenoxy) is 1. The molecular weight excluding hydrogens is 324 g/mol. The number of fused-ring (bicyclic) bond motifs is 5. The number of carbonyl (C=O) groups excluding carboxylic acids is 2. The Hall–Kier alpha value is -1.38. The lowest BCUT2D eigenvalue weighted by Crippen LogP contribution is -2.51. The summed E-state index contributed by atoms with van der Waals surface area (Å²) in [6.45, 7) is 6.75. The van der Waals surface area contributed by atoms with Gasteiger partial charge in [-0.3, -0.25) is 9.59 Å². The molecule has 4 rings (SSSR count). The van der Waals surface area contributed by atoms with Gasteiger partial charge in [0.1, 0.15) is 6.10 Å². The number of esters is 1. The number of carbonyl (C=O) groups is 2. The fourth-order valence-electron chi connectivity index (χ4n) is 6.76. The van der Waals surface area contributed by atoms with Gasteiger partial charge in [0.15, 0.2) is 5.78 Å². The van der Waals surface area contributed by atoms with E-state index in [-0.39, 0.29) is 28.7 Å². The van der Waals surface area contributed by atoms with Crippen LogP contribution in [-0.2, 0) is 14.3 Å². The van der Waals surface area contributed by atoms with Crippen LogP contribution in [0.5, 0.6) is 0 Å². The zero-order chi connectivity index (χ0) is 18.5. The quantitative estimate of drug-likeness (QED) is 0.668. The predicted molar refractivity (Wildman–Crippen MR) is 101 cm³/mol. The number of ketones is 1. The highest BCUT2D eigenvalue weighted by molar-refractivity contribution is 6.01. The van der Waals surface area contributed by atoms with Crippen molar-refractivity contribution in [2.75, 3.05) is 0 Å². The molecule has 3 nitrogen and oxygen atoms in total. The van der Waals surface area contributed by atoms with Crippen LogP contribution < -0.4 is 0 Å². The van der Waals surface area contributed by atoms with Crippen LogP contribution >= 0.6 is 0 Å². The Balaban J connectivity index is 1.56. The van der Waals surface area contributed by atoms with Crippen molar-refractivity contribution in [2.45, 2.75) is 78.2 Å². The molecule has 3 saturated carbocycles. The van der Waals surface area contributed by atoms with E-state index in [4.69, 9.17) is 4.74 Å². The van der Waals surface area contributed by atoms with E-state index in [1.165, 1.54) is 24.8 Å². The van der Waals surface area contributed by atoms with Gasteiger partial charge in [-0.05, 0) is 74.9 Å². The summed E-state index contributed by atoms with van der Waals surface area (Å²) in [6.07, 6.45) is 14.1. The van der Waals surface area contributed by atoms with Gasteiger partial charge in [-0.1, -0.05) is 32.4 Å². The van der Waals surface area contributed by atoms with Gasteiger partial charge >= 0.3 is 5.97 Å². The van der Waals surface area contributed by atoms with Crippen LogP contribution in [0.3, 0.4) is 0 Å². The molecule has 0 aromatic carbocycles. The van der Waals surface area contributed by atoms with Crippen LogP contribution in [-0.4, -0.2) is 17.9 Å². The number of hydrogen-bond donors (Lipinski definition) is 0. The maximum atomic E-state index is 12.1. The van der Waals surface area contributed by atoms with Gasteiger partial charge in [0, 0.05) is 17.3 Å². The molecule has 26 heavy (non-hydrogen) atoms. The molecular formula is C23H32O3. The van der Waals surface area contributed by atoms with E-state index >= 15 is 0 Å². The average molecular weight is 357 g/mol. The summed E-state index contributed by atoms with van der Waals surface area (Å²) in [5, 5.41) is 0. The van der Waals surface area contributed by atoms with Crippen molar-refractivity contribution in [3.05, 3.63) is 23.8 Å². The van der Waals surface area contributed by atoms with Crippen LogP contribution in [0, 0.1) is 28.6 Å². The molecule has 3 fully saturated rings. The Bertz CT molecular complexity index is 675. The van der Waals surface area contributed by atoms with Crippen molar-refractivity contribution >= 4 is 11.8 Å². The molecule has 0 N–H and O–H groups in total. The number of allylic oxidation sites excluding steroid dienone is 4. The summed E-state index contributed by atoms with van der Waals surface area (Å²) in [7, 11) is 0. The molecule has 0 heterocycles. The lowest BCUT2D eigenvalue weighted by molar-refractivity contribution is -0.159. The van der Waals surface area contributed by atoms with E-state index in [9.17, 15) is 9.59 Å². The van der Waals surface area contributed by atoms with E-state index < -0.39 is 0 Å². The summed E-state index contributed by atoms with van der Waals surface area (Å²) < 4.78 is 5.94. The lowest BCUT2D eigenvalue weighted by Gasteiger charge is -2.56. The molecule has 0 spiro atoms. The van der Waals surface area contributed by atoms with Gasteiger partial charge in [0.2, 0.25) is 0 Å². The topological polar surface area (TPSA) is 43.4 Å². The standard InChI is InChI=1S/C23H32O3/c1-4-5-21(25)26-20-9-8-18-17-7-6-15-14-16(24)10-12-22(15,2)19(17)11-13-23(18,20)3/h10,12,14,17-20H,4-9,11,13H2,1-3H3/t17-,18-,19-,20+,22-,23-/m0/s1. The third-order valence-corrected chi connectivity index (χ3v) is 8.20. The highest BCUT2D eigenvalue weighted by atomic mass is 16.5. The Morgan fingerprint density at radius 1 is 1.19 bits per heavy atom. The summed E-state index contributed by atoms with van der Waals surface area (Å²) in [6, 6.07) is 0. The zero-order valence-corrected chi connectivity index (χ0v) is 16.4. The third kappa shape index (κ3) is 2.61. The SMILES string of the molecule is CCCC(=O)O[C@@H]1CC[C@H]2[C@@H]3CCC4=CC(=O)C=C[C@]4(C)[C@H]3CC[C@]12C. The van der Waals surface area contributed by atoms with Crippen LogP contribution in [0.25, 0.3) is 0 Å². The largest absolute Gasteiger partial charge is 0.462 e. The molecule has 0 aliphatic heterocycles. The number of rotatable bonds is 3. The molecule has 0 aromatic rings. The van der Waals surface area contributed by atoms with Crippen molar-refractivity contribution < 1.29 is 14.3 Å². The van der Waals surface area contributed by atoms with E-state index in [0.717, 1.165) is 25.7 Å². The molecule has 0 aromatic heterocycles. The summed E-state index contributed by atoms with van der Waals surface area (Å²) in [5.41, 5.74) is 1.53. The zero-order valence-electron chi connectivity index (χ0n) is 16.4. The first-order valence-corrected chi connectivity index (χ1v) is 10.5. The molecule has 0 bridgehead atoms. The van der Waals surface area contributed by atoms with E-state index in [2.05, 4.69) is 19.9 Å². The Labute approximate surface area is 157 Å². The first kappa shape index (κ1) is 18.0. The second-order valence-electron chi connectivity index (χ2n) is 9.45. The Morgan fingerprint density at radius 3 is 2.77 bits per heavy atom. The van der Waals surface area contributed by atoms with Crippen molar-refractivity contribution in [2.24, 2.45) is 28.6 Å². The average Bonchev–Trinajstić information content (AvgIpc) is 2.92. The second-order valence-corrected chi connectivity index (χ2v) is 9.45. The Morgan fingerprint density at radius 2 is 2.00 bits per heavy atom. The van der Waals surface area contributed by atoms with E-state index in [1.54, 1.807) is 6.08 Å². The fourth-order valence-corrected chi connectivity index (χ4v) is 6.76. The molecule has 4 aliphatic rings. The third-order valence-electron chi connectivity index (χ3n) is 8.20. The lowest BCUT2D eigenvalue weighted by atomic mass is 9.48. The Kier molecular flexibility index (Phi) is 4.40. The van der Waals surface area contributed by atoms with Gasteiger partial charge in [-0.15, -0.1) is 0 Å². The second kappa shape index (κ2) is 6.35. The molecule has 142 valence electrons. The highest BCUT2D eigenvalue weighted by Crippen LogP contribution is 2.64. The van der Waals surface area contributed by atoms with Gasteiger partial charge in [0.05, 0.1) is 0 Å². The van der Waals surface area contributed by atoms with Crippen LogP contribution in [0.15, 0.2) is 23.8 Å². The molecule has 0 saturated heterocycles. The van der Waals surface area contributed by atoms with Crippen molar-refractivity contribution in [1.82, 2.24) is 0 Å². The summed E-state index contributed by atoms with van der Waals surface area (Å²) in [5.74, 6) is 2.08. The molecule has 3 heteroatoms. The summed E-state index contributed by atoms with van der Waals surface area (Å²) >= 11 is 0. The highest BCUT2D eigenvalue weighted by Gasteiger charge is 2.59. The van der Waals surface area contributed by atoms with Crippen LogP contribution in [0.4, 0.5) is 0 Å². The van der Waals surface area contributed by atoms with Gasteiger partial charge in [-0.25, -0.2) is 0 Å². The van der Waals surface area contributed by atoms with Gasteiger partial charge in [0.25, 0.3) is 0 Å². The van der Waals surface area contributed by atoms with Gasteiger partial charge in [-0.2, -0.15) is 0 Å². The van der Waals surface area contributed by atoms with Crippen LogP contribution in [0.1, 0.15) is 72.1 Å². The fraction of sp³-hybridized carbons (Fsp3) is 0.739. The monoisotopic (exact) mass is 356 g/mol. The predicted octanol–water partition coefficient (Wildman–Crippen LogP) is 5.01. The smallest absolute Gasteiger partial charge is 0.306 e. The molecule has 0 unspecified atom stereocenters. The van der Waals surface area contributed by atoms with E-state index in [1.807, 2.05) is 13.0 Å². The van der Waals surface area contributed by atoms with Crippen molar-refractivity contribution in [3.63, 3.8) is 0 Å². The van der Waals surface area contributed by atoms with E-state index in [0.29, 0.717) is 24.2 Å². The summed E-state index contributed by atoms with van der Waals surface area (Å²) in [4.78, 5) is 23.9. The maximum Gasteiger partial charge on any atom is 0.306 e. The molecule has 4 aliphatic carbocycles. The minimum Gasteiger partial charge on any atom is -0.462 e. The molecule has 0 radical (unpaired) electrons. The first-order chi connectivity index (χ1) is 12.4. The normalized spacial score (nSPS) is 44.0. The maximum absolute atomic E-state index is 12.1. The first-order valence-electron chi connectivity index (χ1n) is 10.5. The molecule has 6 atom stereocenters. The van der Waals surface area contributed by atoms with Crippen LogP contribution in [0.2, 0.25) is 0 Å². The minimum absolute atomic E-state index is 0.0175.